The second-order valence-corrected chi connectivity index (χ2v) is 8.46. The second kappa shape index (κ2) is 8.37. The van der Waals surface area contributed by atoms with E-state index >= 15 is 0 Å². The summed E-state index contributed by atoms with van der Waals surface area (Å²) in [5, 5.41) is 1.58. The van der Waals surface area contributed by atoms with Gasteiger partial charge in [-0.3, -0.25) is 14.2 Å². The normalized spacial score (nSPS) is 17.5. The molecule has 1 aromatic heterocycles. The SMILES string of the molecule is O=C(Cn1cnc2ccccc2c1=O)N1CCS[C@H](c2ccccc2Cl)CC1. The predicted molar refractivity (Wildman–Crippen MR) is 114 cm³/mol. The zero-order valence-electron chi connectivity index (χ0n) is 15.3. The lowest BCUT2D eigenvalue weighted by Crippen LogP contribution is -2.37. The Hall–Kier alpha value is -2.31. The summed E-state index contributed by atoms with van der Waals surface area (Å²) in [6, 6.07) is 15.1. The van der Waals surface area contributed by atoms with Crippen LogP contribution in [0.15, 0.2) is 59.7 Å². The number of aromatic nitrogens is 2. The number of nitrogens with zero attached hydrogens (tertiary/aromatic N) is 3. The van der Waals surface area contributed by atoms with Crippen LogP contribution in [-0.2, 0) is 11.3 Å². The third kappa shape index (κ3) is 3.93. The van der Waals surface area contributed by atoms with Crippen LogP contribution in [0.1, 0.15) is 17.2 Å². The molecule has 1 amide bonds. The van der Waals surface area contributed by atoms with Crippen LogP contribution in [0.5, 0.6) is 0 Å². The monoisotopic (exact) mass is 413 g/mol. The summed E-state index contributed by atoms with van der Waals surface area (Å²) in [6.07, 6.45) is 2.30. The molecule has 2 heterocycles. The smallest absolute Gasteiger partial charge is 0.261 e. The molecular weight excluding hydrogens is 394 g/mol. The first kappa shape index (κ1) is 19.0. The largest absolute Gasteiger partial charge is 0.340 e. The predicted octanol–water partition coefficient (Wildman–Crippen LogP) is 3.76. The van der Waals surface area contributed by atoms with Crippen LogP contribution in [0, 0.1) is 0 Å². The third-order valence-corrected chi connectivity index (χ3v) is 6.64. The van der Waals surface area contributed by atoms with Crippen molar-refractivity contribution >= 4 is 40.2 Å². The number of amides is 1. The summed E-state index contributed by atoms with van der Waals surface area (Å²) < 4.78 is 1.40. The molecule has 144 valence electrons. The maximum Gasteiger partial charge on any atom is 0.261 e. The van der Waals surface area contributed by atoms with E-state index in [0.717, 1.165) is 22.8 Å². The molecule has 1 aliphatic heterocycles. The Kier molecular flexibility index (Phi) is 5.69. The van der Waals surface area contributed by atoms with Gasteiger partial charge in [-0.1, -0.05) is 41.9 Å². The summed E-state index contributed by atoms with van der Waals surface area (Å²) in [6.45, 7) is 1.33. The molecule has 3 aromatic rings. The zero-order chi connectivity index (χ0) is 19.5. The molecule has 1 saturated heterocycles. The highest BCUT2D eigenvalue weighted by molar-refractivity contribution is 7.99. The van der Waals surface area contributed by atoms with Crippen molar-refractivity contribution in [1.82, 2.24) is 14.5 Å². The quantitative estimate of drug-likeness (QED) is 0.656. The van der Waals surface area contributed by atoms with Crippen molar-refractivity contribution in [3.05, 3.63) is 75.8 Å². The molecule has 0 bridgehead atoms. The first-order valence-electron chi connectivity index (χ1n) is 9.21. The fraction of sp³-hybridized carbons (Fsp3) is 0.286. The maximum absolute atomic E-state index is 12.8. The van der Waals surface area contributed by atoms with Crippen molar-refractivity contribution in [3.63, 3.8) is 0 Å². The van der Waals surface area contributed by atoms with Gasteiger partial charge in [-0.25, -0.2) is 4.98 Å². The minimum atomic E-state index is -0.183. The molecule has 4 rings (SSSR count). The highest BCUT2D eigenvalue weighted by atomic mass is 35.5. The van der Waals surface area contributed by atoms with Gasteiger partial charge in [-0.05, 0) is 30.2 Å². The van der Waals surface area contributed by atoms with Crippen LogP contribution in [0.2, 0.25) is 5.02 Å². The third-order valence-electron chi connectivity index (χ3n) is 4.98. The van der Waals surface area contributed by atoms with Gasteiger partial charge in [0.2, 0.25) is 5.91 Å². The van der Waals surface area contributed by atoms with Crippen molar-refractivity contribution in [3.8, 4) is 0 Å². The van der Waals surface area contributed by atoms with E-state index in [4.69, 9.17) is 11.6 Å². The number of para-hydroxylation sites is 1. The number of fused-ring (bicyclic) bond motifs is 1. The summed E-state index contributed by atoms with van der Waals surface area (Å²) in [5.74, 6) is 0.784. The fourth-order valence-corrected chi connectivity index (χ4v) is 5.07. The minimum absolute atomic E-state index is 0.0120. The molecular formula is C21H20ClN3O2S. The molecule has 0 saturated carbocycles. The van der Waals surface area contributed by atoms with Crippen molar-refractivity contribution in [2.24, 2.45) is 0 Å². The van der Waals surface area contributed by atoms with Gasteiger partial charge in [0, 0.05) is 29.1 Å². The molecule has 0 spiro atoms. The van der Waals surface area contributed by atoms with E-state index in [2.05, 4.69) is 11.1 Å². The summed E-state index contributed by atoms with van der Waals surface area (Å²) in [4.78, 5) is 31.6. The summed E-state index contributed by atoms with van der Waals surface area (Å²) in [5.41, 5.74) is 1.58. The van der Waals surface area contributed by atoms with Gasteiger partial charge in [0.1, 0.15) is 6.54 Å². The van der Waals surface area contributed by atoms with Gasteiger partial charge in [-0.2, -0.15) is 11.8 Å². The van der Waals surface area contributed by atoms with Crippen molar-refractivity contribution in [1.29, 1.82) is 0 Å². The fourth-order valence-electron chi connectivity index (χ4n) is 3.47. The summed E-state index contributed by atoms with van der Waals surface area (Å²) in [7, 11) is 0. The zero-order valence-corrected chi connectivity index (χ0v) is 16.8. The average molecular weight is 414 g/mol. The Morgan fingerprint density at radius 2 is 1.93 bits per heavy atom. The number of rotatable bonds is 3. The number of carbonyl (C=O) groups is 1. The number of benzene rings is 2. The highest BCUT2D eigenvalue weighted by Gasteiger charge is 2.23. The topological polar surface area (TPSA) is 55.2 Å². The second-order valence-electron chi connectivity index (χ2n) is 6.75. The number of halogens is 1. The lowest BCUT2D eigenvalue weighted by atomic mass is 10.1. The Labute approximate surface area is 172 Å². The molecule has 0 radical (unpaired) electrons. The van der Waals surface area contributed by atoms with Gasteiger partial charge in [0.25, 0.3) is 5.56 Å². The van der Waals surface area contributed by atoms with Crippen LogP contribution in [0.4, 0.5) is 0 Å². The Morgan fingerprint density at radius 1 is 1.14 bits per heavy atom. The lowest BCUT2D eigenvalue weighted by Gasteiger charge is -2.21. The standard InChI is InChI=1S/C21H20ClN3O2S/c22-17-7-3-1-5-15(17)19-9-10-24(11-12-28-19)20(26)13-25-14-23-18-8-4-2-6-16(18)21(25)27/h1-8,14,19H,9-13H2/t19-/m0/s1. The van der Waals surface area contributed by atoms with Crippen LogP contribution in [0.25, 0.3) is 10.9 Å². The number of hydrogen-bond acceptors (Lipinski definition) is 4. The van der Waals surface area contributed by atoms with Gasteiger partial charge < -0.3 is 4.90 Å². The highest BCUT2D eigenvalue weighted by Crippen LogP contribution is 2.37. The van der Waals surface area contributed by atoms with Crippen molar-refractivity contribution in [2.45, 2.75) is 18.2 Å². The molecule has 0 aliphatic carbocycles. The number of hydrogen-bond donors (Lipinski definition) is 0. The average Bonchev–Trinajstić information content (AvgIpc) is 2.97. The number of thioether (sulfide) groups is 1. The molecule has 7 heteroatoms. The van der Waals surface area contributed by atoms with Crippen molar-refractivity contribution in [2.75, 3.05) is 18.8 Å². The Balaban J connectivity index is 1.47. The van der Waals surface area contributed by atoms with Crippen LogP contribution in [-0.4, -0.2) is 39.2 Å². The van der Waals surface area contributed by atoms with E-state index < -0.39 is 0 Å². The van der Waals surface area contributed by atoms with E-state index in [-0.39, 0.29) is 23.3 Å². The van der Waals surface area contributed by atoms with Gasteiger partial charge in [-0.15, -0.1) is 0 Å². The number of carbonyl (C=O) groups excluding carboxylic acids is 1. The van der Waals surface area contributed by atoms with Gasteiger partial charge in [0.15, 0.2) is 0 Å². The first-order valence-corrected chi connectivity index (χ1v) is 10.6. The van der Waals surface area contributed by atoms with Crippen LogP contribution >= 0.6 is 23.4 Å². The van der Waals surface area contributed by atoms with E-state index in [1.807, 2.05) is 40.9 Å². The molecule has 0 N–H and O–H groups in total. The minimum Gasteiger partial charge on any atom is -0.340 e. The van der Waals surface area contributed by atoms with E-state index in [9.17, 15) is 9.59 Å². The van der Waals surface area contributed by atoms with E-state index in [1.165, 1.54) is 10.9 Å². The Bertz CT molecular complexity index is 1070. The summed E-state index contributed by atoms with van der Waals surface area (Å²) >= 11 is 8.17. The molecule has 0 unspecified atom stereocenters. The van der Waals surface area contributed by atoms with Crippen LogP contribution < -0.4 is 5.56 Å². The molecule has 1 atom stereocenters. The molecule has 28 heavy (non-hydrogen) atoms. The van der Waals surface area contributed by atoms with E-state index in [1.54, 1.807) is 18.2 Å². The van der Waals surface area contributed by atoms with Gasteiger partial charge >= 0.3 is 0 Å². The Morgan fingerprint density at radius 3 is 2.79 bits per heavy atom. The van der Waals surface area contributed by atoms with Crippen LogP contribution in [0.3, 0.4) is 0 Å². The molecule has 2 aromatic carbocycles. The molecule has 5 nitrogen and oxygen atoms in total. The molecule has 1 aliphatic rings. The maximum atomic E-state index is 12.8. The lowest BCUT2D eigenvalue weighted by molar-refractivity contribution is -0.131. The molecule has 1 fully saturated rings. The first-order chi connectivity index (χ1) is 13.6. The van der Waals surface area contributed by atoms with Gasteiger partial charge in [0.05, 0.1) is 17.2 Å². The van der Waals surface area contributed by atoms with Crippen molar-refractivity contribution < 1.29 is 4.79 Å². The van der Waals surface area contributed by atoms with E-state index in [0.29, 0.717) is 24.0 Å².